The van der Waals surface area contributed by atoms with E-state index in [0.717, 1.165) is 5.56 Å². The predicted molar refractivity (Wildman–Crippen MR) is 75.6 cm³/mol. The standard InChI is InChI=1S/C13H13Cl2N3O/c1-2-17(8-10-5-3-4-6-12(10)15)13(19)18-9-11(14)7-16-18/h3-7,9H,2,8H2,1H3. The zero-order valence-corrected chi connectivity index (χ0v) is 11.9. The maximum atomic E-state index is 12.2. The van der Waals surface area contributed by atoms with Crippen LogP contribution in [0.25, 0.3) is 0 Å². The molecule has 0 bridgehead atoms. The van der Waals surface area contributed by atoms with Crippen molar-refractivity contribution in [2.24, 2.45) is 0 Å². The highest BCUT2D eigenvalue weighted by Crippen LogP contribution is 2.17. The number of nitrogens with zero attached hydrogens (tertiary/aromatic N) is 3. The van der Waals surface area contributed by atoms with E-state index in [1.54, 1.807) is 11.0 Å². The van der Waals surface area contributed by atoms with Gasteiger partial charge >= 0.3 is 6.03 Å². The van der Waals surface area contributed by atoms with Gasteiger partial charge in [-0.1, -0.05) is 41.4 Å². The van der Waals surface area contributed by atoms with E-state index in [1.165, 1.54) is 17.1 Å². The van der Waals surface area contributed by atoms with Gasteiger partial charge in [-0.15, -0.1) is 0 Å². The van der Waals surface area contributed by atoms with Crippen LogP contribution in [-0.4, -0.2) is 27.3 Å². The van der Waals surface area contributed by atoms with Gasteiger partial charge in [0, 0.05) is 18.1 Å². The second-order valence-electron chi connectivity index (χ2n) is 3.99. The van der Waals surface area contributed by atoms with Gasteiger partial charge < -0.3 is 4.90 Å². The number of hydrogen-bond donors (Lipinski definition) is 0. The number of carbonyl (C=O) groups excluding carboxylic acids is 1. The van der Waals surface area contributed by atoms with Crippen LogP contribution in [0.2, 0.25) is 10.0 Å². The summed E-state index contributed by atoms with van der Waals surface area (Å²) in [7, 11) is 0. The van der Waals surface area contributed by atoms with E-state index in [0.29, 0.717) is 23.1 Å². The minimum absolute atomic E-state index is 0.227. The molecule has 0 aliphatic heterocycles. The molecule has 0 spiro atoms. The Kier molecular flexibility index (Phi) is 4.45. The average Bonchev–Trinajstić information content (AvgIpc) is 2.84. The van der Waals surface area contributed by atoms with Gasteiger partial charge in [-0.05, 0) is 18.6 Å². The number of carbonyl (C=O) groups is 1. The van der Waals surface area contributed by atoms with Crippen LogP contribution in [0.4, 0.5) is 4.79 Å². The molecule has 6 heteroatoms. The lowest BCUT2D eigenvalue weighted by molar-refractivity contribution is 0.196. The van der Waals surface area contributed by atoms with Crippen LogP contribution in [-0.2, 0) is 6.54 Å². The molecule has 0 unspecified atom stereocenters. The van der Waals surface area contributed by atoms with Crippen LogP contribution in [0, 0.1) is 0 Å². The molecule has 0 aliphatic rings. The highest BCUT2D eigenvalue weighted by molar-refractivity contribution is 6.31. The van der Waals surface area contributed by atoms with E-state index >= 15 is 0 Å². The SMILES string of the molecule is CCN(Cc1ccccc1Cl)C(=O)n1cc(Cl)cn1. The smallest absolute Gasteiger partial charge is 0.319 e. The Morgan fingerprint density at radius 2 is 2.11 bits per heavy atom. The zero-order chi connectivity index (χ0) is 13.8. The first-order chi connectivity index (χ1) is 9.11. The van der Waals surface area contributed by atoms with Crippen LogP contribution in [0.5, 0.6) is 0 Å². The molecule has 19 heavy (non-hydrogen) atoms. The van der Waals surface area contributed by atoms with E-state index in [-0.39, 0.29) is 6.03 Å². The van der Waals surface area contributed by atoms with E-state index in [9.17, 15) is 4.79 Å². The zero-order valence-electron chi connectivity index (χ0n) is 10.4. The topological polar surface area (TPSA) is 38.1 Å². The third-order valence-electron chi connectivity index (χ3n) is 2.72. The first kappa shape index (κ1) is 13.9. The molecule has 0 atom stereocenters. The van der Waals surface area contributed by atoms with Crippen molar-refractivity contribution in [3.05, 3.63) is 52.3 Å². The lowest BCUT2D eigenvalue weighted by Crippen LogP contribution is -2.34. The summed E-state index contributed by atoms with van der Waals surface area (Å²) in [6.45, 7) is 2.90. The molecule has 0 radical (unpaired) electrons. The van der Waals surface area contributed by atoms with Gasteiger partial charge in [0.25, 0.3) is 0 Å². The van der Waals surface area contributed by atoms with E-state index in [1.807, 2.05) is 25.1 Å². The number of amides is 1. The second kappa shape index (κ2) is 6.08. The molecule has 1 amide bonds. The number of halogens is 2. The Labute approximate surface area is 121 Å². The normalized spacial score (nSPS) is 10.5. The summed E-state index contributed by atoms with van der Waals surface area (Å²) in [5.74, 6) is 0. The van der Waals surface area contributed by atoms with E-state index in [2.05, 4.69) is 5.10 Å². The van der Waals surface area contributed by atoms with Crippen molar-refractivity contribution in [2.45, 2.75) is 13.5 Å². The van der Waals surface area contributed by atoms with Crippen molar-refractivity contribution in [3.8, 4) is 0 Å². The average molecular weight is 298 g/mol. The second-order valence-corrected chi connectivity index (χ2v) is 4.83. The minimum atomic E-state index is -0.227. The third kappa shape index (κ3) is 3.28. The number of rotatable bonds is 3. The van der Waals surface area contributed by atoms with Crippen LogP contribution < -0.4 is 0 Å². The first-order valence-corrected chi connectivity index (χ1v) is 6.60. The Morgan fingerprint density at radius 3 is 2.68 bits per heavy atom. The van der Waals surface area contributed by atoms with Gasteiger partial charge in [0.15, 0.2) is 0 Å². The van der Waals surface area contributed by atoms with Gasteiger partial charge in [0.05, 0.1) is 17.4 Å². The quantitative estimate of drug-likeness (QED) is 0.867. The Balaban J connectivity index is 2.17. The van der Waals surface area contributed by atoms with Gasteiger partial charge in [0.1, 0.15) is 0 Å². The first-order valence-electron chi connectivity index (χ1n) is 5.84. The summed E-state index contributed by atoms with van der Waals surface area (Å²) in [5, 5.41) is 4.99. The van der Waals surface area contributed by atoms with Crippen molar-refractivity contribution < 1.29 is 4.79 Å². The number of hydrogen-bond acceptors (Lipinski definition) is 2. The summed E-state index contributed by atoms with van der Waals surface area (Å²) >= 11 is 11.9. The van der Waals surface area contributed by atoms with Crippen LogP contribution in [0.3, 0.4) is 0 Å². The molecule has 1 aromatic carbocycles. The van der Waals surface area contributed by atoms with Crippen molar-refractivity contribution >= 4 is 29.2 Å². The Morgan fingerprint density at radius 1 is 1.37 bits per heavy atom. The lowest BCUT2D eigenvalue weighted by Gasteiger charge is -2.20. The molecule has 0 saturated carbocycles. The van der Waals surface area contributed by atoms with Crippen molar-refractivity contribution in [2.75, 3.05) is 6.54 Å². The fourth-order valence-electron chi connectivity index (χ4n) is 1.70. The van der Waals surface area contributed by atoms with Gasteiger partial charge in [-0.25, -0.2) is 4.79 Å². The molecule has 1 heterocycles. The Hall–Kier alpha value is -1.52. The van der Waals surface area contributed by atoms with Crippen LogP contribution >= 0.6 is 23.2 Å². The van der Waals surface area contributed by atoms with Gasteiger partial charge in [-0.2, -0.15) is 9.78 Å². The molecule has 100 valence electrons. The summed E-state index contributed by atoms with van der Waals surface area (Å²) in [5.41, 5.74) is 0.901. The minimum Gasteiger partial charge on any atom is -0.319 e. The molecule has 2 aromatic rings. The highest BCUT2D eigenvalue weighted by atomic mass is 35.5. The number of benzene rings is 1. The summed E-state index contributed by atoms with van der Waals surface area (Å²) in [6, 6.07) is 7.23. The Bertz CT molecular complexity index is 583. The molecule has 2 rings (SSSR count). The largest absolute Gasteiger partial charge is 0.344 e. The van der Waals surface area contributed by atoms with E-state index < -0.39 is 0 Å². The monoisotopic (exact) mass is 297 g/mol. The van der Waals surface area contributed by atoms with Crippen molar-refractivity contribution in [3.63, 3.8) is 0 Å². The number of aromatic nitrogens is 2. The molecule has 4 nitrogen and oxygen atoms in total. The van der Waals surface area contributed by atoms with E-state index in [4.69, 9.17) is 23.2 Å². The van der Waals surface area contributed by atoms with Crippen molar-refractivity contribution in [1.29, 1.82) is 0 Å². The molecule has 0 saturated heterocycles. The molecular formula is C13H13Cl2N3O. The highest BCUT2D eigenvalue weighted by Gasteiger charge is 2.16. The van der Waals surface area contributed by atoms with Crippen molar-refractivity contribution in [1.82, 2.24) is 14.7 Å². The molecule has 0 aliphatic carbocycles. The maximum absolute atomic E-state index is 12.2. The summed E-state index contributed by atoms with van der Waals surface area (Å²) < 4.78 is 1.22. The maximum Gasteiger partial charge on any atom is 0.344 e. The molecular weight excluding hydrogens is 285 g/mol. The third-order valence-corrected chi connectivity index (χ3v) is 3.28. The summed E-state index contributed by atoms with van der Waals surface area (Å²) in [6.07, 6.45) is 2.92. The fraction of sp³-hybridized carbons (Fsp3) is 0.231. The lowest BCUT2D eigenvalue weighted by atomic mass is 10.2. The van der Waals surface area contributed by atoms with Crippen LogP contribution in [0.15, 0.2) is 36.7 Å². The predicted octanol–water partition coefficient (Wildman–Crippen LogP) is 3.68. The molecule has 1 aromatic heterocycles. The molecule has 0 fully saturated rings. The van der Waals surface area contributed by atoms with Gasteiger partial charge in [-0.3, -0.25) is 0 Å². The summed E-state index contributed by atoms with van der Waals surface area (Å²) in [4.78, 5) is 13.9. The van der Waals surface area contributed by atoms with Crippen LogP contribution in [0.1, 0.15) is 12.5 Å². The fourth-order valence-corrected chi connectivity index (χ4v) is 2.03. The molecule has 0 N–H and O–H groups in total. The van der Waals surface area contributed by atoms with Gasteiger partial charge in [0.2, 0.25) is 0 Å².